The number of likely N-dealkylation sites (N-methyl/N-ethyl adjacent to an activating group) is 1. The highest BCUT2D eigenvalue weighted by molar-refractivity contribution is 5.14. The second-order valence-electron chi connectivity index (χ2n) is 10.4. The molecule has 1 aliphatic carbocycles. The van der Waals surface area contributed by atoms with Crippen LogP contribution in [0.15, 0.2) is 23.7 Å². The second-order valence-corrected chi connectivity index (χ2v) is 10.4. The summed E-state index contributed by atoms with van der Waals surface area (Å²) in [7, 11) is 1.63. The van der Waals surface area contributed by atoms with Gasteiger partial charge >= 0.3 is 0 Å². The lowest BCUT2D eigenvalue weighted by Gasteiger charge is -2.47. The third-order valence-corrected chi connectivity index (χ3v) is 7.44. The smallest absolute Gasteiger partial charge is 0.215 e. The van der Waals surface area contributed by atoms with Crippen LogP contribution in [-0.2, 0) is 18.9 Å². The average Bonchev–Trinajstić information content (AvgIpc) is 2.95. The maximum absolute atomic E-state index is 11.5. The van der Waals surface area contributed by atoms with Crippen LogP contribution in [0.3, 0.4) is 0 Å². The van der Waals surface area contributed by atoms with E-state index in [4.69, 9.17) is 41.3 Å². The molecular formula is C25H48N6O9. The van der Waals surface area contributed by atoms with Crippen molar-refractivity contribution in [2.24, 2.45) is 17.2 Å². The van der Waals surface area contributed by atoms with Crippen molar-refractivity contribution in [2.45, 2.75) is 86.5 Å². The molecule has 232 valence electrons. The number of rotatable bonds is 14. The van der Waals surface area contributed by atoms with Crippen molar-refractivity contribution in [3.8, 4) is 0 Å². The Kier molecular flexibility index (Phi) is 13.4. The van der Waals surface area contributed by atoms with Gasteiger partial charge in [0.05, 0.1) is 37.6 Å². The SMILES string of the molecule is CN[C@H]1/C(=C\O)CO[C@H](O[C@H]2[C@H](NCC(O)CN)C[C@H](N)C(O[C@H]3OC(CNCCCO)=CC[C@H]3N)[C@@H]2O)[C@@H]1O. The molecule has 0 radical (unpaired) electrons. The van der Waals surface area contributed by atoms with E-state index in [-0.39, 0.29) is 32.7 Å². The molecule has 1 saturated heterocycles. The van der Waals surface area contributed by atoms with Gasteiger partial charge in [0.1, 0.15) is 30.2 Å². The Labute approximate surface area is 234 Å². The summed E-state index contributed by atoms with van der Waals surface area (Å²) < 4.78 is 24.0. The Morgan fingerprint density at radius 1 is 1.15 bits per heavy atom. The van der Waals surface area contributed by atoms with Crippen LogP contribution in [0.4, 0.5) is 0 Å². The molecule has 3 aliphatic rings. The maximum atomic E-state index is 11.5. The largest absolute Gasteiger partial charge is 0.515 e. The van der Waals surface area contributed by atoms with E-state index in [0.717, 1.165) is 6.26 Å². The highest BCUT2D eigenvalue weighted by Gasteiger charge is 2.49. The van der Waals surface area contributed by atoms with Crippen molar-refractivity contribution in [1.82, 2.24) is 16.0 Å². The van der Waals surface area contributed by atoms with Gasteiger partial charge in [-0.15, -0.1) is 0 Å². The molecule has 11 atom stereocenters. The van der Waals surface area contributed by atoms with Gasteiger partial charge in [-0.25, -0.2) is 0 Å². The standard InChI is InChI=1S/C25H48N6O9/c1-29-19-13(11-33)12-37-25(20(19)35)40-23-18(31-9-14(34)8-26)7-17(28)22(21(23)36)39-24-16(27)4-3-15(38-24)10-30-5-2-6-32/h3,11,14,16-25,29-36H,2,4-10,12,26-28H2,1H3/b13-11-/t14?,16-,17+,18-,19+,20-,21+,22?,23+,24-,25-/m1/s1. The van der Waals surface area contributed by atoms with E-state index in [0.29, 0.717) is 37.3 Å². The summed E-state index contributed by atoms with van der Waals surface area (Å²) in [5.41, 5.74) is 18.7. The van der Waals surface area contributed by atoms with Gasteiger partial charge in [-0.1, -0.05) is 0 Å². The van der Waals surface area contributed by atoms with E-state index in [2.05, 4.69) is 16.0 Å². The summed E-state index contributed by atoms with van der Waals surface area (Å²) in [6.45, 7) is 1.31. The number of hydrogen-bond acceptors (Lipinski definition) is 15. The Hall–Kier alpha value is -1.44. The predicted molar refractivity (Wildman–Crippen MR) is 145 cm³/mol. The van der Waals surface area contributed by atoms with Gasteiger partial charge in [0, 0.05) is 37.4 Å². The Bertz CT molecular complexity index is 824. The second kappa shape index (κ2) is 16.3. The Balaban J connectivity index is 1.73. The third kappa shape index (κ3) is 8.54. The van der Waals surface area contributed by atoms with E-state index in [1.807, 2.05) is 6.08 Å². The van der Waals surface area contributed by atoms with Crippen LogP contribution in [0.1, 0.15) is 19.3 Å². The molecule has 2 aliphatic heterocycles. The fraction of sp³-hybridized carbons (Fsp3) is 0.840. The summed E-state index contributed by atoms with van der Waals surface area (Å²) in [6.07, 6.45) is -3.09. The monoisotopic (exact) mass is 576 g/mol. The maximum Gasteiger partial charge on any atom is 0.215 e. The van der Waals surface area contributed by atoms with Gasteiger partial charge < -0.3 is 77.6 Å². The first-order valence-corrected chi connectivity index (χ1v) is 13.8. The normalized spacial score (nSPS) is 38.6. The molecule has 2 heterocycles. The molecule has 0 bridgehead atoms. The first-order valence-electron chi connectivity index (χ1n) is 13.8. The van der Waals surface area contributed by atoms with Gasteiger partial charge in [-0.2, -0.15) is 0 Å². The van der Waals surface area contributed by atoms with E-state index in [9.17, 15) is 20.4 Å². The zero-order valence-corrected chi connectivity index (χ0v) is 23.0. The van der Waals surface area contributed by atoms with Crippen LogP contribution in [-0.4, -0.2) is 139 Å². The first-order chi connectivity index (χ1) is 19.2. The fourth-order valence-corrected chi connectivity index (χ4v) is 5.13. The van der Waals surface area contributed by atoms with Crippen molar-refractivity contribution in [2.75, 3.05) is 46.4 Å². The van der Waals surface area contributed by atoms with Gasteiger partial charge in [0.25, 0.3) is 0 Å². The third-order valence-electron chi connectivity index (χ3n) is 7.44. The lowest BCUT2D eigenvalue weighted by atomic mass is 9.83. The van der Waals surface area contributed by atoms with E-state index in [1.54, 1.807) is 7.05 Å². The highest BCUT2D eigenvalue weighted by Crippen LogP contribution is 2.31. The molecule has 2 unspecified atom stereocenters. The summed E-state index contributed by atoms with van der Waals surface area (Å²) in [5.74, 6) is 0.635. The van der Waals surface area contributed by atoms with Crippen molar-refractivity contribution in [1.29, 1.82) is 0 Å². The Morgan fingerprint density at radius 2 is 1.90 bits per heavy atom. The van der Waals surface area contributed by atoms with Crippen LogP contribution < -0.4 is 33.2 Å². The molecule has 0 aromatic rings. The van der Waals surface area contributed by atoms with Crippen LogP contribution >= 0.6 is 0 Å². The topological polar surface area (TPSA) is 252 Å². The van der Waals surface area contributed by atoms with E-state index >= 15 is 0 Å². The van der Waals surface area contributed by atoms with Crippen molar-refractivity contribution in [3.05, 3.63) is 23.7 Å². The molecule has 0 amide bonds. The van der Waals surface area contributed by atoms with Crippen LogP contribution in [0.25, 0.3) is 0 Å². The van der Waals surface area contributed by atoms with Crippen molar-refractivity contribution < 1.29 is 44.5 Å². The van der Waals surface area contributed by atoms with E-state index < -0.39 is 67.3 Å². The molecule has 15 nitrogen and oxygen atoms in total. The molecule has 3 rings (SSSR count). The molecule has 0 aromatic heterocycles. The predicted octanol–water partition coefficient (Wildman–Crippen LogP) is -4.20. The van der Waals surface area contributed by atoms with Gasteiger partial charge in [-0.3, -0.25) is 0 Å². The lowest BCUT2D eigenvalue weighted by molar-refractivity contribution is -0.276. The zero-order chi connectivity index (χ0) is 29.2. The molecule has 0 spiro atoms. The molecular weight excluding hydrogens is 528 g/mol. The number of aliphatic hydroxyl groups excluding tert-OH is 5. The summed E-state index contributed by atoms with van der Waals surface area (Å²) in [6, 6.07) is -2.33. The molecule has 2 fully saturated rings. The highest BCUT2D eigenvalue weighted by atomic mass is 16.7. The van der Waals surface area contributed by atoms with E-state index in [1.165, 1.54) is 0 Å². The van der Waals surface area contributed by atoms with Gasteiger partial charge in [0.2, 0.25) is 6.29 Å². The lowest BCUT2D eigenvalue weighted by Crippen LogP contribution is -2.67. The summed E-state index contributed by atoms with van der Waals surface area (Å²) in [4.78, 5) is 0. The number of nitrogens with one attached hydrogen (secondary N) is 3. The minimum atomic E-state index is -1.29. The first kappa shape index (κ1) is 33.1. The van der Waals surface area contributed by atoms with Crippen LogP contribution in [0, 0.1) is 0 Å². The van der Waals surface area contributed by atoms with Crippen LogP contribution in [0.5, 0.6) is 0 Å². The molecule has 40 heavy (non-hydrogen) atoms. The fourth-order valence-electron chi connectivity index (χ4n) is 5.13. The minimum absolute atomic E-state index is 0.00218. The number of hydrogen-bond donors (Lipinski definition) is 11. The number of nitrogens with two attached hydrogens (primary N) is 3. The van der Waals surface area contributed by atoms with Crippen molar-refractivity contribution >= 4 is 0 Å². The molecule has 1 saturated carbocycles. The summed E-state index contributed by atoms with van der Waals surface area (Å²) in [5, 5.41) is 60.1. The van der Waals surface area contributed by atoms with Crippen LogP contribution in [0.2, 0.25) is 0 Å². The van der Waals surface area contributed by atoms with Crippen molar-refractivity contribution in [3.63, 3.8) is 0 Å². The Morgan fingerprint density at radius 3 is 2.58 bits per heavy atom. The average molecular weight is 577 g/mol. The summed E-state index contributed by atoms with van der Waals surface area (Å²) >= 11 is 0. The number of ether oxygens (including phenoxy) is 4. The zero-order valence-electron chi connectivity index (χ0n) is 23.0. The van der Waals surface area contributed by atoms with Gasteiger partial charge in [-0.05, 0) is 38.9 Å². The molecule has 0 aromatic carbocycles. The van der Waals surface area contributed by atoms with Gasteiger partial charge in [0.15, 0.2) is 6.29 Å². The minimum Gasteiger partial charge on any atom is -0.515 e. The number of aliphatic hydroxyl groups is 5. The quantitative estimate of drug-likeness (QED) is 0.0692. The molecule has 14 N–H and O–H groups in total. The molecule has 15 heteroatoms.